The summed E-state index contributed by atoms with van der Waals surface area (Å²) in [5.41, 5.74) is 4.28. The molecule has 2 aromatic carbocycles. The number of hydrogen-bond acceptors (Lipinski definition) is 14. The van der Waals surface area contributed by atoms with Gasteiger partial charge in [0.2, 0.25) is 5.13 Å². The third-order valence-corrected chi connectivity index (χ3v) is 8.63. The molecule has 0 radical (unpaired) electrons. The average molecular weight is 645 g/mol. The molecule has 1 aliphatic rings. The highest BCUT2D eigenvalue weighted by Gasteiger charge is 2.25. The fourth-order valence-electron chi connectivity index (χ4n) is 4.45. The Balaban J connectivity index is 1.24. The van der Waals surface area contributed by atoms with Gasteiger partial charge in [-0.25, -0.2) is 14.6 Å². The van der Waals surface area contributed by atoms with E-state index in [1.165, 1.54) is 17.8 Å². The van der Waals surface area contributed by atoms with Crippen LogP contribution >= 0.6 is 22.7 Å². The normalized spacial score (nSPS) is 13.5. The lowest BCUT2D eigenvalue weighted by atomic mass is 10.2. The molecule has 4 aromatic rings. The van der Waals surface area contributed by atoms with Crippen LogP contribution in [0.3, 0.4) is 0 Å². The molecule has 1 saturated heterocycles. The van der Waals surface area contributed by atoms with E-state index in [0.717, 1.165) is 51.9 Å². The second-order valence-electron chi connectivity index (χ2n) is 9.96. The SMILES string of the molecule is CCOC(=O)c1nc(N=Nc2ccc(N=Nc3ccc(N=Nc4ccc(N5CCCC5)s4)cc3C)cc2C)sc1C(=O)OCC. The van der Waals surface area contributed by atoms with Gasteiger partial charge in [-0.3, -0.25) is 0 Å². The summed E-state index contributed by atoms with van der Waals surface area (Å²) in [5.74, 6) is -1.38. The zero-order chi connectivity index (χ0) is 31.8. The predicted molar refractivity (Wildman–Crippen MR) is 175 cm³/mol. The Bertz CT molecular complexity index is 1740. The zero-order valence-electron chi connectivity index (χ0n) is 25.4. The molecule has 0 saturated carbocycles. The highest BCUT2D eigenvalue weighted by atomic mass is 32.1. The maximum Gasteiger partial charge on any atom is 0.358 e. The van der Waals surface area contributed by atoms with Crippen molar-refractivity contribution in [1.82, 2.24) is 4.98 Å². The maximum atomic E-state index is 12.3. The van der Waals surface area contributed by atoms with E-state index in [9.17, 15) is 9.59 Å². The molecule has 0 N–H and O–H groups in total. The van der Waals surface area contributed by atoms with E-state index in [-0.39, 0.29) is 28.9 Å². The highest BCUT2D eigenvalue weighted by Crippen LogP contribution is 2.36. The first-order valence-corrected chi connectivity index (χ1v) is 16.1. The number of rotatable bonds is 11. The van der Waals surface area contributed by atoms with Crippen LogP contribution in [0, 0.1) is 13.8 Å². The third kappa shape index (κ3) is 8.08. The number of nitrogens with zero attached hydrogens (tertiary/aromatic N) is 8. The van der Waals surface area contributed by atoms with Crippen LogP contribution in [0.2, 0.25) is 0 Å². The van der Waals surface area contributed by atoms with Gasteiger partial charge in [0.15, 0.2) is 5.69 Å². The van der Waals surface area contributed by atoms with Gasteiger partial charge in [-0.05, 0) is 100 Å². The fraction of sp³-hybridized carbons (Fsp3) is 0.323. The maximum absolute atomic E-state index is 12.3. The van der Waals surface area contributed by atoms with Gasteiger partial charge in [0.25, 0.3) is 0 Å². The van der Waals surface area contributed by atoms with Gasteiger partial charge in [-0.1, -0.05) is 22.7 Å². The molecule has 12 nitrogen and oxygen atoms in total. The number of aryl methyl sites for hydroxylation is 2. The quantitative estimate of drug-likeness (QED) is 0.117. The Morgan fingerprint density at radius 1 is 0.756 bits per heavy atom. The summed E-state index contributed by atoms with van der Waals surface area (Å²) in [6.07, 6.45) is 2.48. The van der Waals surface area contributed by atoms with Gasteiger partial charge in [0.05, 0.1) is 41.0 Å². The predicted octanol–water partition coefficient (Wildman–Crippen LogP) is 10.0. The number of aromatic nitrogens is 1. The molecule has 0 aliphatic carbocycles. The topological polar surface area (TPSA) is 143 Å². The molecular formula is C31H32N8O4S2. The van der Waals surface area contributed by atoms with Gasteiger partial charge in [0, 0.05) is 13.1 Å². The van der Waals surface area contributed by atoms with Crippen molar-refractivity contribution in [1.29, 1.82) is 0 Å². The molecule has 0 bridgehead atoms. The fourth-order valence-corrected chi connectivity index (χ4v) is 6.10. The molecule has 1 aliphatic heterocycles. The minimum Gasteiger partial charge on any atom is -0.462 e. The lowest BCUT2D eigenvalue weighted by Gasteiger charge is -2.13. The van der Waals surface area contributed by atoms with Crippen molar-refractivity contribution in [3.05, 3.63) is 70.2 Å². The lowest BCUT2D eigenvalue weighted by molar-refractivity contribution is 0.0479. The number of hydrogen-bond donors (Lipinski definition) is 0. The Labute approximate surface area is 268 Å². The van der Waals surface area contributed by atoms with Crippen molar-refractivity contribution < 1.29 is 19.1 Å². The molecule has 45 heavy (non-hydrogen) atoms. The molecule has 2 aromatic heterocycles. The molecule has 0 atom stereocenters. The van der Waals surface area contributed by atoms with Gasteiger partial charge in [0.1, 0.15) is 9.88 Å². The number of azo groups is 3. The number of ether oxygens (including phenoxy) is 2. The standard InChI is InChI=1S/C31H32N8O4S2/c1-5-42-29(40)27-28(30(41)43-6-2)45-31(32-27)38-36-24-12-9-21(17-20(24)4)33-35-23-11-10-22(18-19(23)3)34-37-25-13-14-26(44-25)39-15-7-8-16-39/h9-14,17-18H,5-8,15-16H2,1-4H3. The van der Waals surface area contributed by atoms with Gasteiger partial charge in [-0.15, -0.1) is 20.5 Å². The van der Waals surface area contributed by atoms with E-state index in [1.807, 2.05) is 44.2 Å². The summed E-state index contributed by atoms with van der Waals surface area (Å²) >= 11 is 2.57. The second-order valence-corrected chi connectivity index (χ2v) is 12.0. The van der Waals surface area contributed by atoms with Crippen molar-refractivity contribution >= 4 is 72.5 Å². The number of esters is 2. The van der Waals surface area contributed by atoms with Gasteiger partial charge < -0.3 is 14.4 Å². The van der Waals surface area contributed by atoms with E-state index < -0.39 is 11.9 Å². The number of carbonyl (C=O) groups excluding carboxylic acids is 2. The summed E-state index contributed by atoms with van der Waals surface area (Å²) in [4.78, 5) is 31.2. The van der Waals surface area contributed by atoms with Crippen LogP contribution in [0.4, 0.5) is 37.9 Å². The number of anilines is 1. The number of thiazole rings is 1. The Kier molecular flexibility index (Phi) is 10.5. The summed E-state index contributed by atoms with van der Waals surface area (Å²) in [5, 5.41) is 28.3. The molecule has 5 rings (SSSR count). The smallest absolute Gasteiger partial charge is 0.358 e. The van der Waals surface area contributed by atoms with Crippen molar-refractivity contribution in [2.75, 3.05) is 31.2 Å². The first kappa shape index (κ1) is 31.7. The lowest BCUT2D eigenvalue weighted by Crippen LogP contribution is -2.15. The molecule has 0 spiro atoms. The van der Waals surface area contributed by atoms with Gasteiger partial charge >= 0.3 is 11.9 Å². The Hall–Kier alpha value is -4.69. The van der Waals surface area contributed by atoms with Crippen molar-refractivity contribution in [3.8, 4) is 0 Å². The van der Waals surface area contributed by atoms with Crippen LogP contribution in [0.15, 0.2) is 79.2 Å². The van der Waals surface area contributed by atoms with Crippen LogP contribution < -0.4 is 4.90 Å². The first-order chi connectivity index (χ1) is 21.8. The third-order valence-electron chi connectivity index (χ3n) is 6.68. The molecular weight excluding hydrogens is 613 g/mol. The monoisotopic (exact) mass is 644 g/mol. The number of carbonyl (C=O) groups is 2. The van der Waals surface area contributed by atoms with Crippen LogP contribution in [-0.4, -0.2) is 43.2 Å². The minimum absolute atomic E-state index is 0.0251. The van der Waals surface area contributed by atoms with E-state index in [0.29, 0.717) is 11.4 Å². The Morgan fingerprint density at radius 2 is 1.36 bits per heavy atom. The molecule has 232 valence electrons. The summed E-state index contributed by atoms with van der Waals surface area (Å²) < 4.78 is 10.1. The molecule has 1 fully saturated rings. The second kappa shape index (κ2) is 14.9. The van der Waals surface area contributed by atoms with E-state index in [2.05, 4.69) is 46.6 Å². The van der Waals surface area contributed by atoms with Gasteiger partial charge in [-0.2, -0.15) is 10.2 Å². The molecule has 0 unspecified atom stereocenters. The summed E-state index contributed by atoms with van der Waals surface area (Å²) in [7, 11) is 0. The molecule has 3 heterocycles. The molecule has 0 amide bonds. The van der Waals surface area contributed by atoms with E-state index in [4.69, 9.17) is 9.47 Å². The molecule has 14 heteroatoms. The minimum atomic E-state index is -0.719. The van der Waals surface area contributed by atoms with Crippen LogP contribution in [0.5, 0.6) is 0 Å². The van der Waals surface area contributed by atoms with Crippen molar-refractivity contribution in [2.45, 2.75) is 40.5 Å². The van der Waals surface area contributed by atoms with Crippen LogP contribution in [-0.2, 0) is 9.47 Å². The largest absolute Gasteiger partial charge is 0.462 e. The van der Waals surface area contributed by atoms with E-state index in [1.54, 1.807) is 37.3 Å². The number of benzene rings is 2. The van der Waals surface area contributed by atoms with Crippen LogP contribution in [0.1, 0.15) is 58.0 Å². The average Bonchev–Trinajstić information content (AvgIpc) is 3.81. The Morgan fingerprint density at radius 3 is 1.98 bits per heavy atom. The van der Waals surface area contributed by atoms with Crippen molar-refractivity contribution in [3.63, 3.8) is 0 Å². The number of thiophene rings is 1. The summed E-state index contributed by atoms with van der Waals surface area (Å²) in [6, 6.07) is 15.2. The van der Waals surface area contributed by atoms with Crippen LogP contribution in [0.25, 0.3) is 0 Å². The summed E-state index contributed by atoms with van der Waals surface area (Å²) in [6.45, 7) is 9.69. The van der Waals surface area contributed by atoms with Crippen molar-refractivity contribution in [2.24, 2.45) is 30.7 Å². The first-order valence-electron chi connectivity index (χ1n) is 14.5. The van der Waals surface area contributed by atoms with E-state index >= 15 is 0 Å². The zero-order valence-corrected chi connectivity index (χ0v) is 27.0. The highest BCUT2D eigenvalue weighted by molar-refractivity contribution is 7.19.